The van der Waals surface area contributed by atoms with E-state index in [1.165, 1.54) is 0 Å². The molecular formula is C8H18N2O. The molecule has 0 aromatic rings. The molecular weight excluding hydrogens is 140 g/mol. The van der Waals surface area contributed by atoms with Crippen LogP contribution in [0.15, 0.2) is 12.7 Å². The Morgan fingerprint density at radius 3 is 2.64 bits per heavy atom. The van der Waals surface area contributed by atoms with Crippen LogP contribution in [0.2, 0.25) is 0 Å². The van der Waals surface area contributed by atoms with E-state index in [0.29, 0.717) is 6.61 Å². The molecule has 3 N–H and O–H groups in total. The highest BCUT2D eigenvalue weighted by molar-refractivity contribution is 4.76. The highest BCUT2D eigenvalue weighted by Crippen LogP contribution is 1.95. The summed E-state index contributed by atoms with van der Waals surface area (Å²) in [6, 6.07) is 0.190. The molecule has 0 amide bonds. The molecule has 3 heteroatoms. The summed E-state index contributed by atoms with van der Waals surface area (Å²) in [5.41, 5.74) is 2.66. The van der Waals surface area contributed by atoms with Gasteiger partial charge in [0.25, 0.3) is 0 Å². The second kappa shape index (κ2) is 6.34. The van der Waals surface area contributed by atoms with Crippen LogP contribution in [0, 0.1) is 0 Å². The Balaban J connectivity index is 3.43. The SMILES string of the molecule is C=CCC(COC(C)C)NN. The molecule has 66 valence electrons. The fraction of sp³-hybridized carbons (Fsp3) is 0.750. The van der Waals surface area contributed by atoms with Crippen molar-refractivity contribution in [3.05, 3.63) is 12.7 Å². The van der Waals surface area contributed by atoms with Gasteiger partial charge in [-0.15, -0.1) is 6.58 Å². The van der Waals surface area contributed by atoms with Crippen LogP contribution in [0.3, 0.4) is 0 Å². The van der Waals surface area contributed by atoms with Crippen LogP contribution in [0.5, 0.6) is 0 Å². The molecule has 0 aromatic heterocycles. The van der Waals surface area contributed by atoms with E-state index in [0.717, 1.165) is 6.42 Å². The molecule has 0 spiro atoms. The molecule has 0 aliphatic heterocycles. The minimum absolute atomic E-state index is 0.190. The Morgan fingerprint density at radius 1 is 1.64 bits per heavy atom. The van der Waals surface area contributed by atoms with E-state index in [2.05, 4.69) is 12.0 Å². The minimum atomic E-state index is 0.190. The number of hydrogen-bond acceptors (Lipinski definition) is 3. The van der Waals surface area contributed by atoms with Gasteiger partial charge in [-0.2, -0.15) is 0 Å². The topological polar surface area (TPSA) is 47.3 Å². The van der Waals surface area contributed by atoms with E-state index in [1.807, 2.05) is 19.9 Å². The van der Waals surface area contributed by atoms with Crippen molar-refractivity contribution in [2.45, 2.75) is 32.4 Å². The molecule has 0 heterocycles. The standard InChI is InChI=1S/C8H18N2O/c1-4-5-8(10-9)6-11-7(2)3/h4,7-8,10H,1,5-6,9H2,2-3H3. The van der Waals surface area contributed by atoms with E-state index in [4.69, 9.17) is 10.6 Å². The summed E-state index contributed by atoms with van der Waals surface area (Å²) in [7, 11) is 0. The molecule has 0 aliphatic rings. The second-order valence-corrected chi connectivity index (χ2v) is 2.77. The van der Waals surface area contributed by atoms with Crippen molar-refractivity contribution in [1.82, 2.24) is 5.43 Å². The average molecular weight is 158 g/mol. The third-order valence-electron chi connectivity index (χ3n) is 1.32. The highest BCUT2D eigenvalue weighted by Gasteiger charge is 2.04. The van der Waals surface area contributed by atoms with Crippen LogP contribution in [-0.4, -0.2) is 18.8 Å². The van der Waals surface area contributed by atoms with Crippen molar-refractivity contribution in [2.24, 2.45) is 5.84 Å². The molecule has 1 atom stereocenters. The molecule has 0 aromatic carbocycles. The second-order valence-electron chi connectivity index (χ2n) is 2.77. The molecule has 11 heavy (non-hydrogen) atoms. The Morgan fingerprint density at radius 2 is 2.27 bits per heavy atom. The van der Waals surface area contributed by atoms with Gasteiger partial charge in [-0.25, -0.2) is 0 Å². The molecule has 0 saturated carbocycles. The van der Waals surface area contributed by atoms with Crippen LogP contribution in [0.1, 0.15) is 20.3 Å². The first-order valence-electron chi connectivity index (χ1n) is 3.89. The van der Waals surface area contributed by atoms with Crippen LogP contribution < -0.4 is 11.3 Å². The Labute approximate surface area is 68.6 Å². The predicted octanol–water partition coefficient (Wildman–Crippen LogP) is 0.819. The first-order chi connectivity index (χ1) is 5.20. The van der Waals surface area contributed by atoms with Gasteiger partial charge in [0.05, 0.1) is 12.7 Å². The van der Waals surface area contributed by atoms with Gasteiger partial charge < -0.3 is 4.74 Å². The van der Waals surface area contributed by atoms with Gasteiger partial charge in [-0.3, -0.25) is 11.3 Å². The Kier molecular flexibility index (Phi) is 6.12. The molecule has 3 nitrogen and oxygen atoms in total. The van der Waals surface area contributed by atoms with Crippen molar-refractivity contribution in [3.63, 3.8) is 0 Å². The number of nitrogens with one attached hydrogen (secondary N) is 1. The number of hydrazine groups is 1. The smallest absolute Gasteiger partial charge is 0.0639 e. The summed E-state index contributed by atoms with van der Waals surface area (Å²) in [4.78, 5) is 0. The van der Waals surface area contributed by atoms with Crippen molar-refractivity contribution in [1.29, 1.82) is 0 Å². The molecule has 0 radical (unpaired) electrons. The van der Waals surface area contributed by atoms with Crippen molar-refractivity contribution >= 4 is 0 Å². The third-order valence-corrected chi connectivity index (χ3v) is 1.32. The van der Waals surface area contributed by atoms with Crippen LogP contribution in [-0.2, 0) is 4.74 Å². The summed E-state index contributed by atoms with van der Waals surface area (Å²) in [6.45, 7) is 8.27. The van der Waals surface area contributed by atoms with Crippen molar-refractivity contribution in [2.75, 3.05) is 6.61 Å². The lowest BCUT2D eigenvalue weighted by atomic mass is 10.2. The van der Waals surface area contributed by atoms with Gasteiger partial charge in [-0.1, -0.05) is 6.08 Å². The number of nitrogens with two attached hydrogens (primary N) is 1. The summed E-state index contributed by atoms with van der Waals surface area (Å²) in [6.07, 6.45) is 2.92. The summed E-state index contributed by atoms with van der Waals surface area (Å²) < 4.78 is 5.36. The normalized spacial score (nSPS) is 13.5. The fourth-order valence-corrected chi connectivity index (χ4v) is 0.694. The first kappa shape index (κ1) is 10.6. The highest BCUT2D eigenvalue weighted by atomic mass is 16.5. The summed E-state index contributed by atoms with van der Waals surface area (Å²) >= 11 is 0. The van der Waals surface area contributed by atoms with E-state index < -0.39 is 0 Å². The van der Waals surface area contributed by atoms with Gasteiger partial charge in [0.2, 0.25) is 0 Å². The Hall–Kier alpha value is -0.380. The maximum absolute atomic E-state index is 5.36. The van der Waals surface area contributed by atoms with E-state index in [9.17, 15) is 0 Å². The van der Waals surface area contributed by atoms with Gasteiger partial charge in [0.15, 0.2) is 0 Å². The van der Waals surface area contributed by atoms with Crippen LogP contribution >= 0.6 is 0 Å². The lowest BCUT2D eigenvalue weighted by Gasteiger charge is -2.15. The molecule has 0 aliphatic carbocycles. The zero-order valence-electron chi connectivity index (χ0n) is 7.34. The lowest BCUT2D eigenvalue weighted by Crippen LogP contribution is -2.38. The average Bonchev–Trinajstić information content (AvgIpc) is 1.97. The number of rotatable bonds is 6. The molecule has 0 bridgehead atoms. The first-order valence-corrected chi connectivity index (χ1v) is 3.89. The maximum atomic E-state index is 5.36. The van der Waals surface area contributed by atoms with E-state index in [-0.39, 0.29) is 12.1 Å². The third kappa shape index (κ3) is 6.04. The van der Waals surface area contributed by atoms with Gasteiger partial charge in [-0.05, 0) is 20.3 Å². The van der Waals surface area contributed by atoms with Crippen LogP contribution in [0.25, 0.3) is 0 Å². The molecule has 1 unspecified atom stereocenters. The number of ether oxygens (including phenoxy) is 1. The maximum Gasteiger partial charge on any atom is 0.0639 e. The van der Waals surface area contributed by atoms with Crippen molar-refractivity contribution < 1.29 is 4.74 Å². The zero-order chi connectivity index (χ0) is 8.69. The quantitative estimate of drug-likeness (QED) is 0.342. The minimum Gasteiger partial charge on any atom is -0.377 e. The van der Waals surface area contributed by atoms with Crippen LogP contribution in [0.4, 0.5) is 0 Å². The predicted molar refractivity (Wildman–Crippen MR) is 47.0 cm³/mol. The van der Waals surface area contributed by atoms with E-state index >= 15 is 0 Å². The largest absolute Gasteiger partial charge is 0.377 e. The number of hydrogen-bond donors (Lipinski definition) is 2. The monoisotopic (exact) mass is 158 g/mol. The summed E-state index contributed by atoms with van der Waals surface area (Å²) in [5, 5.41) is 0. The molecule has 0 saturated heterocycles. The van der Waals surface area contributed by atoms with Crippen molar-refractivity contribution in [3.8, 4) is 0 Å². The van der Waals surface area contributed by atoms with E-state index in [1.54, 1.807) is 0 Å². The van der Waals surface area contributed by atoms with Gasteiger partial charge in [0.1, 0.15) is 0 Å². The fourth-order valence-electron chi connectivity index (χ4n) is 0.694. The summed E-state index contributed by atoms with van der Waals surface area (Å²) in [5.74, 6) is 5.27. The zero-order valence-corrected chi connectivity index (χ0v) is 7.34. The molecule has 0 rings (SSSR count). The van der Waals surface area contributed by atoms with Gasteiger partial charge >= 0.3 is 0 Å². The molecule has 0 fully saturated rings. The lowest BCUT2D eigenvalue weighted by molar-refractivity contribution is 0.0618. The van der Waals surface area contributed by atoms with Gasteiger partial charge in [0, 0.05) is 6.04 Å². The Bertz CT molecular complexity index is 104.